The van der Waals surface area contributed by atoms with Crippen LogP contribution in [0.4, 0.5) is 10.5 Å². The Morgan fingerprint density at radius 2 is 1.65 bits per heavy atom. The lowest BCUT2D eigenvalue weighted by molar-refractivity contribution is -0.141. The summed E-state index contributed by atoms with van der Waals surface area (Å²) >= 11 is 1.57. The average molecular weight is 608 g/mol. The third-order valence-electron chi connectivity index (χ3n) is 6.92. The number of alkyl carbamates (subject to hydrolysis) is 1. The van der Waals surface area contributed by atoms with E-state index >= 15 is 0 Å². The molecule has 0 aliphatic carbocycles. The Kier molecular flexibility index (Phi) is 12.7. The lowest BCUT2D eigenvalue weighted by Gasteiger charge is -2.34. The molecular formula is C34H45N3O5S. The molecule has 0 saturated heterocycles. The Balaban J connectivity index is 2.01. The summed E-state index contributed by atoms with van der Waals surface area (Å²) in [6, 6.07) is 18.0. The second-order valence-electron chi connectivity index (χ2n) is 11.6. The van der Waals surface area contributed by atoms with Crippen molar-refractivity contribution < 1.29 is 24.2 Å². The van der Waals surface area contributed by atoms with Gasteiger partial charge < -0.3 is 25.4 Å². The van der Waals surface area contributed by atoms with Gasteiger partial charge in [-0.1, -0.05) is 68.7 Å². The number of aromatic hydroxyl groups is 1. The summed E-state index contributed by atoms with van der Waals surface area (Å²) in [6.07, 6.45) is 5.24. The van der Waals surface area contributed by atoms with Crippen LogP contribution in [-0.4, -0.2) is 58.1 Å². The average Bonchev–Trinajstić information content (AvgIpc) is 2.96. The van der Waals surface area contributed by atoms with Gasteiger partial charge in [0.1, 0.15) is 23.4 Å². The number of hydrogen-bond donors (Lipinski definition) is 3. The van der Waals surface area contributed by atoms with Crippen molar-refractivity contribution in [3.05, 3.63) is 72.3 Å². The van der Waals surface area contributed by atoms with Crippen molar-refractivity contribution in [2.75, 3.05) is 23.9 Å². The number of hydrogen-bond acceptors (Lipinski definition) is 6. The molecular weight excluding hydrogens is 562 g/mol. The number of thioether (sulfide) groups is 1. The number of nitrogens with zero attached hydrogens (tertiary/aromatic N) is 1. The molecule has 0 heterocycles. The van der Waals surface area contributed by atoms with Crippen LogP contribution in [-0.2, 0) is 14.3 Å². The molecule has 0 aliphatic rings. The number of amides is 3. The number of benzene rings is 3. The van der Waals surface area contributed by atoms with E-state index in [0.29, 0.717) is 36.4 Å². The van der Waals surface area contributed by atoms with Gasteiger partial charge in [0.25, 0.3) is 5.91 Å². The first-order valence-corrected chi connectivity index (χ1v) is 16.3. The van der Waals surface area contributed by atoms with Crippen LogP contribution in [0.25, 0.3) is 10.8 Å². The van der Waals surface area contributed by atoms with E-state index in [0.717, 1.165) is 30.0 Å². The highest BCUT2D eigenvalue weighted by molar-refractivity contribution is 7.98. The molecule has 0 spiro atoms. The fourth-order valence-electron chi connectivity index (χ4n) is 4.83. The van der Waals surface area contributed by atoms with Gasteiger partial charge in [-0.05, 0) is 86.2 Å². The molecule has 8 nitrogen and oxygen atoms in total. The van der Waals surface area contributed by atoms with E-state index in [1.807, 2.05) is 48.7 Å². The summed E-state index contributed by atoms with van der Waals surface area (Å²) in [5.41, 5.74) is 0.434. The standard InChI is InChI=1S/C34H45N3O5S/c1-6-7-8-11-21-37(32(40)29(20-22-43-5)36-33(41)42-34(2,3)4)30(25-15-18-28(38)19-16-25)31(39)35-27-17-14-24-12-9-10-13-26(24)23-27/h9-10,12-19,23,29-30,38H,6-8,11,20-22H2,1-5H3,(H,35,39)(H,36,41). The number of fused-ring (bicyclic) bond motifs is 1. The molecule has 0 aromatic heterocycles. The molecule has 232 valence electrons. The maximum absolute atomic E-state index is 14.3. The van der Waals surface area contributed by atoms with Gasteiger partial charge >= 0.3 is 6.09 Å². The van der Waals surface area contributed by atoms with Crippen LogP contribution < -0.4 is 10.6 Å². The second-order valence-corrected chi connectivity index (χ2v) is 12.6. The minimum absolute atomic E-state index is 0.0581. The summed E-state index contributed by atoms with van der Waals surface area (Å²) in [5.74, 6) is -0.0557. The molecule has 43 heavy (non-hydrogen) atoms. The SMILES string of the molecule is CCCCCCN(C(=O)C(CCSC)NC(=O)OC(C)(C)C)C(C(=O)Nc1ccc2ccccc2c1)c1ccc(O)cc1. The van der Waals surface area contributed by atoms with Gasteiger partial charge in [-0.2, -0.15) is 11.8 Å². The predicted octanol–water partition coefficient (Wildman–Crippen LogP) is 7.28. The van der Waals surface area contributed by atoms with Crippen LogP contribution >= 0.6 is 11.8 Å². The fourth-order valence-corrected chi connectivity index (χ4v) is 5.30. The van der Waals surface area contributed by atoms with E-state index < -0.39 is 23.8 Å². The van der Waals surface area contributed by atoms with Gasteiger partial charge in [-0.3, -0.25) is 9.59 Å². The van der Waals surface area contributed by atoms with Gasteiger partial charge in [0.15, 0.2) is 0 Å². The molecule has 3 amide bonds. The zero-order valence-electron chi connectivity index (χ0n) is 25.9. The maximum atomic E-state index is 14.3. The first-order chi connectivity index (χ1) is 20.5. The van der Waals surface area contributed by atoms with Crippen LogP contribution in [0.5, 0.6) is 5.75 Å². The molecule has 3 rings (SSSR count). The van der Waals surface area contributed by atoms with Crippen LogP contribution in [0.15, 0.2) is 66.7 Å². The summed E-state index contributed by atoms with van der Waals surface area (Å²) < 4.78 is 5.48. The lowest BCUT2D eigenvalue weighted by atomic mass is 10.0. The molecule has 3 aromatic carbocycles. The lowest BCUT2D eigenvalue weighted by Crippen LogP contribution is -2.52. The highest BCUT2D eigenvalue weighted by Gasteiger charge is 2.36. The summed E-state index contributed by atoms with van der Waals surface area (Å²) in [6.45, 7) is 7.74. The van der Waals surface area contributed by atoms with E-state index in [1.165, 1.54) is 12.1 Å². The van der Waals surface area contributed by atoms with E-state index in [-0.39, 0.29) is 17.6 Å². The fraction of sp³-hybridized carbons (Fsp3) is 0.441. The molecule has 0 saturated carbocycles. The Morgan fingerprint density at radius 3 is 2.30 bits per heavy atom. The van der Waals surface area contributed by atoms with E-state index in [2.05, 4.69) is 17.6 Å². The second kappa shape index (κ2) is 16.2. The molecule has 2 unspecified atom stereocenters. The number of ether oxygens (including phenoxy) is 1. The number of nitrogens with one attached hydrogen (secondary N) is 2. The highest BCUT2D eigenvalue weighted by Crippen LogP contribution is 2.28. The van der Waals surface area contributed by atoms with Crippen LogP contribution in [0.1, 0.15) is 71.4 Å². The van der Waals surface area contributed by atoms with Crippen molar-refractivity contribution in [2.45, 2.75) is 77.5 Å². The minimum atomic E-state index is -1.00. The first kappa shape index (κ1) is 33.8. The molecule has 0 aliphatic heterocycles. The zero-order chi connectivity index (χ0) is 31.4. The normalized spacial score (nSPS) is 12.8. The molecule has 0 radical (unpaired) electrons. The van der Waals surface area contributed by atoms with E-state index in [4.69, 9.17) is 4.74 Å². The number of carbonyl (C=O) groups is 3. The third-order valence-corrected chi connectivity index (χ3v) is 7.57. The first-order valence-electron chi connectivity index (χ1n) is 14.9. The topological polar surface area (TPSA) is 108 Å². The largest absolute Gasteiger partial charge is 0.508 e. The number of phenolic OH excluding ortho intramolecular Hbond substituents is 1. The number of anilines is 1. The Hall–Kier alpha value is -3.72. The van der Waals surface area contributed by atoms with E-state index in [1.54, 1.807) is 49.6 Å². The highest BCUT2D eigenvalue weighted by atomic mass is 32.2. The third kappa shape index (κ3) is 10.5. The molecule has 9 heteroatoms. The van der Waals surface area contributed by atoms with Crippen molar-refractivity contribution in [3.63, 3.8) is 0 Å². The maximum Gasteiger partial charge on any atom is 0.408 e. The smallest absolute Gasteiger partial charge is 0.408 e. The van der Waals surface area contributed by atoms with Crippen molar-refractivity contribution in [1.29, 1.82) is 0 Å². The Bertz CT molecular complexity index is 1360. The van der Waals surface area contributed by atoms with Crippen LogP contribution in [0, 0.1) is 0 Å². The van der Waals surface area contributed by atoms with Crippen molar-refractivity contribution in [3.8, 4) is 5.75 Å². The quantitative estimate of drug-likeness (QED) is 0.166. The summed E-state index contributed by atoms with van der Waals surface area (Å²) in [7, 11) is 0. The molecule has 3 N–H and O–H groups in total. The van der Waals surface area contributed by atoms with Crippen molar-refractivity contribution in [1.82, 2.24) is 10.2 Å². The monoisotopic (exact) mass is 607 g/mol. The van der Waals surface area contributed by atoms with Gasteiger partial charge in [-0.25, -0.2) is 4.79 Å². The zero-order valence-corrected chi connectivity index (χ0v) is 26.7. The minimum Gasteiger partial charge on any atom is -0.508 e. The number of carbonyl (C=O) groups excluding carboxylic acids is 3. The van der Waals surface area contributed by atoms with E-state index in [9.17, 15) is 19.5 Å². The molecule has 0 fully saturated rings. The van der Waals surface area contributed by atoms with Gasteiger partial charge in [0.2, 0.25) is 5.91 Å². The summed E-state index contributed by atoms with van der Waals surface area (Å²) in [5, 5.41) is 17.8. The molecule has 3 aromatic rings. The predicted molar refractivity (Wildman–Crippen MR) is 175 cm³/mol. The Morgan fingerprint density at radius 1 is 0.953 bits per heavy atom. The van der Waals surface area contributed by atoms with Gasteiger partial charge in [-0.15, -0.1) is 0 Å². The number of rotatable bonds is 14. The van der Waals surface area contributed by atoms with Crippen LogP contribution in [0.2, 0.25) is 0 Å². The number of phenols is 1. The van der Waals surface area contributed by atoms with Gasteiger partial charge in [0.05, 0.1) is 0 Å². The van der Waals surface area contributed by atoms with Crippen molar-refractivity contribution in [2.24, 2.45) is 0 Å². The van der Waals surface area contributed by atoms with Gasteiger partial charge in [0, 0.05) is 12.2 Å². The Labute approximate surface area is 259 Å². The number of unbranched alkanes of at least 4 members (excludes halogenated alkanes) is 3. The van der Waals surface area contributed by atoms with Crippen LogP contribution in [0.3, 0.4) is 0 Å². The summed E-state index contributed by atoms with van der Waals surface area (Å²) in [4.78, 5) is 42.8. The molecule has 0 bridgehead atoms. The van der Waals surface area contributed by atoms with Crippen molar-refractivity contribution >= 4 is 46.1 Å². The molecule has 2 atom stereocenters.